The summed E-state index contributed by atoms with van der Waals surface area (Å²) in [5.74, 6) is 0.693. The molecule has 0 atom stereocenters. The van der Waals surface area contributed by atoms with Crippen LogP contribution in [0.1, 0.15) is 41.8 Å². The van der Waals surface area contributed by atoms with E-state index in [9.17, 15) is 4.79 Å². The van der Waals surface area contributed by atoms with E-state index in [1.807, 2.05) is 11.9 Å². The van der Waals surface area contributed by atoms with Crippen molar-refractivity contribution in [3.63, 3.8) is 0 Å². The molecule has 0 bridgehead atoms. The van der Waals surface area contributed by atoms with Crippen molar-refractivity contribution >= 4 is 18.3 Å². The minimum Gasteiger partial charge on any atom is -0.467 e. The number of carbonyl (C=O) groups is 1. The third-order valence-corrected chi connectivity index (χ3v) is 3.29. The highest BCUT2D eigenvalue weighted by Gasteiger charge is 2.24. The molecule has 0 aliphatic heterocycles. The van der Waals surface area contributed by atoms with Gasteiger partial charge in [0, 0.05) is 13.1 Å². The molecule has 0 saturated heterocycles. The van der Waals surface area contributed by atoms with Gasteiger partial charge in [-0.05, 0) is 18.9 Å². The van der Waals surface area contributed by atoms with Gasteiger partial charge in [0.15, 0.2) is 0 Å². The molecular formula is C12H19ClN2O2. The number of hydrogen-bond acceptors (Lipinski definition) is 3. The van der Waals surface area contributed by atoms with Crippen LogP contribution >= 0.6 is 12.4 Å². The molecule has 0 spiro atoms. The number of amides is 1. The molecule has 1 amide bonds. The van der Waals surface area contributed by atoms with Crippen LogP contribution in [0.3, 0.4) is 0 Å². The first-order valence-electron chi connectivity index (χ1n) is 5.77. The molecule has 96 valence electrons. The molecule has 17 heavy (non-hydrogen) atoms. The van der Waals surface area contributed by atoms with Gasteiger partial charge in [0.2, 0.25) is 0 Å². The minimum absolute atomic E-state index is 0. The monoisotopic (exact) mass is 258 g/mol. The molecule has 0 aromatic carbocycles. The molecule has 4 nitrogen and oxygen atoms in total. The van der Waals surface area contributed by atoms with Crippen LogP contribution in [0.15, 0.2) is 16.7 Å². The van der Waals surface area contributed by atoms with Crippen molar-refractivity contribution in [2.24, 2.45) is 5.73 Å². The molecule has 0 radical (unpaired) electrons. The topological polar surface area (TPSA) is 59.5 Å². The molecule has 1 aliphatic carbocycles. The Hall–Kier alpha value is -1.00. The molecule has 1 aliphatic rings. The summed E-state index contributed by atoms with van der Waals surface area (Å²) in [7, 11) is 1.87. The summed E-state index contributed by atoms with van der Waals surface area (Å²) in [6.07, 6.45) is 6.17. The summed E-state index contributed by atoms with van der Waals surface area (Å²) < 4.78 is 5.18. The quantitative estimate of drug-likeness (QED) is 0.904. The molecule has 1 fully saturated rings. The van der Waals surface area contributed by atoms with Gasteiger partial charge in [0.05, 0.1) is 12.1 Å². The highest BCUT2D eigenvalue weighted by molar-refractivity contribution is 5.94. The Morgan fingerprint density at radius 2 is 2.18 bits per heavy atom. The molecule has 1 aromatic heterocycles. The Morgan fingerprint density at radius 1 is 1.53 bits per heavy atom. The van der Waals surface area contributed by atoms with Gasteiger partial charge in [0.1, 0.15) is 12.0 Å². The Kier molecular flexibility index (Phi) is 5.02. The zero-order chi connectivity index (χ0) is 11.5. The van der Waals surface area contributed by atoms with Crippen molar-refractivity contribution in [1.82, 2.24) is 4.90 Å². The normalized spacial score (nSPS) is 15.6. The van der Waals surface area contributed by atoms with Gasteiger partial charge in [-0.15, -0.1) is 12.4 Å². The van der Waals surface area contributed by atoms with Crippen molar-refractivity contribution < 1.29 is 9.21 Å². The highest BCUT2D eigenvalue weighted by atomic mass is 35.5. The predicted octanol–water partition coefficient (Wildman–Crippen LogP) is 2.17. The summed E-state index contributed by atoms with van der Waals surface area (Å²) >= 11 is 0. The first-order valence-corrected chi connectivity index (χ1v) is 5.77. The van der Waals surface area contributed by atoms with Crippen LogP contribution < -0.4 is 5.73 Å². The lowest BCUT2D eigenvalue weighted by molar-refractivity contribution is 0.0734. The highest BCUT2D eigenvalue weighted by Crippen LogP contribution is 2.24. The van der Waals surface area contributed by atoms with Crippen molar-refractivity contribution in [1.29, 1.82) is 0 Å². The lowest BCUT2D eigenvalue weighted by Crippen LogP contribution is -2.34. The molecule has 0 unspecified atom stereocenters. The van der Waals surface area contributed by atoms with E-state index < -0.39 is 0 Å². The van der Waals surface area contributed by atoms with E-state index in [0.717, 1.165) is 12.8 Å². The van der Waals surface area contributed by atoms with Crippen LogP contribution in [0, 0.1) is 0 Å². The SMILES string of the molecule is CN(C(=O)c1coc(CN)c1)C1CCCC1.Cl. The summed E-state index contributed by atoms with van der Waals surface area (Å²) in [6, 6.07) is 2.12. The number of nitrogens with two attached hydrogens (primary N) is 1. The zero-order valence-electron chi connectivity index (χ0n) is 10.0. The van der Waals surface area contributed by atoms with Crippen molar-refractivity contribution in [3.05, 3.63) is 23.7 Å². The molecule has 1 heterocycles. The molecule has 5 heteroatoms. The Morgan fingerprint density at radius 3 is 2.71 bits per heavy atom. The second-order valence-corrected chi connectivity index (χ2v) is 4.36. The van der Waals surface area contributed by atoms with Gasteiger partial charge < -0.3 is 15.1 Å². The van der Waals surface area contributed by atoms with Crippen LogP contribution in [0.4, 0.5) is 0 Å². The molecule has 1 saturated carbocycles. The molecule has 2 rings (SSSR count). The van der Waals surface area contributed by atoms with E-state index in [1.165, 1.54) is 19.1 Å². The van der Waals surface area contributed by atoms with Crippen molar-refractivity contribution in [3.8, 4) is 0 Å². The average Bonchev–Trinajstić information content (AvgIpc) is 2.97. The van der Waals surface area contributed by atoms with Crippen LogP contribution in [0.5, 0.6) is 0 Å². The standard InChI is InChI=1S/C12H18N2O2.ClH/c1-14(10-4-2-3-5-10)12(15)9-6-11(7-13)16-8-9;/h6,8,10H,2-5,7,13H2,1H3;1H. The van der Waals surface area contributed by atoms with Gasteiger partial charge in [-0.2, -0.15) is 0 Å². The first kappa shape index (κ1) is 14.1. The fraction of sp³-hybridized carbons (Fsp3) is 0.583. The van der Waals surface area contributed by atoms with E-state index in [1.54, 1.807) is 6.07 Å². The van der Waals surface area contributed by atoms with Gasteiger partial charge in [-0.3, -0.25) is 4.79 Å². The predicted molar refractivity (Wildman–Crippen MR) is 68.2 cm³/mol. The largest absolute Gasteiger partial charge is 0.467 e. The molecule has 1 aromatic rings. The second kappa shape index (κ2) is 6.07. The summed E-state index contributed by atoms with van der Waals surface area (Å²) in [5.41, 5.74) is 6.05. The molecular weight excluding hydrogens is 240 g/mol. The minimum atomic E-state index is 0. The summed E-state index contributed by atoms with van der Waals surface area (Å²) in [4.78, 5) is 13.9. The third kappa shape index (κ3) is 3.01. The van der Waals surface area contributed by atoms with Crippen LogP contribution in [-0.2, 0) is 6.54 Å². The van der Waals surface area contributed by atoms with E-state index in [-0.39, 0.29) is 18.3 Å². The molecule has 2 N–H and O–H groups in total. The first-order chi connectivity index (χ1) is 7.72. The maximum Gasteiger partial charge on any atom is 0.257 e. The lowest BCUT2D eigenvalue weighted by atomic mass is 10.2. The number of rotatable bonds is 3. The lowest BCUT2D eigenvalue weighted by Gasteiger charge is -2.23. The number of carbonyl (C=O) groups excluding carboxylic acids is 1. The Labute approximate surface area is 108 Å². The smallest absolute Gasteiger partial charge is 0.257 e. The second-order valence-electron chi connectivity index (χ2n) is 4.36. The van der Waals surface area contributed by atoms with Crippen LogP contribution in [0.25, 0.3) is 0 Å². The van der Waals surface area contributed by atoms with Gasteiger partial charge in [0.25, 0.3) is 5.91 Å². The van der Waals surface area contributed by atoms with Gasteiger partial charge in [-0.1, -0.05) is 12.8 Å². The number of hydrogen-bond donors (Lipinski definition) is 1. The van der Waals surface area contributed by atoms with Gasteiger partial charge >= 0.3 is 0 Å². The van der Waals surface area contributed by atoms with Crippen molar-refractivity contribution in [2.45, 2.75) is 38.3 Å². The van der Waals surface area contributed by atoms with E-state index in [0.29, 0.717) is 23.9 Å². The third-order valence-electron chi connectivity index (χ3n) is 3.29. The van der Waals surface area contributed by atoms with E-state index in [2.05, 4.69) is 0 Å². The van der Waals surface area contributed by atoms with E-state index in [4.69, 9.17) is 10.2 Å². The number of furan rings is 1. The van der Waals surface area contributed by atoms with Crippen molar-refractivity contribution in [2.75, 3.05) is 7.05 Å². The Bertz CT molecular complexity index is 372. The van der Waals surface area contributed by atoms with Gasteiger partial charge in [-0.25, -0.2) is 0 Å². The fourth-order valence-corrected chi connectivity index (χ4v) is 2.26. The average molecular weight is 259 g/mol. The maximum atomic E-state index is 12.1. The fourth-order valence-electron chi connectivity index (χ4n) is 2.26. The van der Waals surface area contributed by atoms with Crippen LogP contribution in [-0.4, -0.2) is 23.9 Å². The maximum absolute atomic E-state index is 12.1. The number of nitrogens with zero attached hydrogens (tertiary/aromatic N) is 1. The Balaban J connectivity index is 0.00000144. The summed E-state index contributed by atoms with van der Waals surface area (Å²) in [5, 5.41) is 0. The number of halogens is 1. The van der Waals surface area contributed by atoms with E-state index >= 15 is 0 Å². The zero-order valence-corrected chi connectivity index (χ0v) is 10.8. The summed E-state index contributed by atoms with van der Waals surface area (Å²) in [6.45, 7) is 0.334. The van der Waals surface area contributed by atoms with Crippen LogP contribution in [0.2, 0.25) is 0 Å².